The number of aryl methyl sites for hydroxylation is 1. The highest BCUT2D eigenvalue weighted by atomic mass is 127. The molecule has 2 rings (SSSR count). The predicted octanol–water partition coefficient (Wildman–Crippen LogP) is 3.69. The van der Waals surface area contributed by atoms with Crippen molar-refractivity contribution >= 4 is 55.2 Å². The lowest BCUT2D eigenvalue weighted by atomic mass is 10.0. The van der Waals surface area contributed by atoms with Crippen molar-refractivity contribution in [3.8, 4) is 0 Å². The molecule has 2 aromatic rings. The summed E-state index contributed by atoms with van der Waals surface area (Å²) in [5.41, 5.74) is 3.66. The van der Waals surface area contributed by atoms with Crippen LogP contribution in [0.15, 0.2) is 16.7 Å². The lowest BCUT2D eigenvalue weighted by Crippen LogP contribution is -1.99. The van der Waals surface area contributed by atoms with Crippen molar-refractivity contribution < 1.29 is 5.11 Å². The van der Waals surface area contributed by atoms with Crippen LogP contribution in [-0.2, 0) is 12.8 Å². The van der Waals surface area contributed by atoms with E-state index in [9.17, 15) is 0 Å². The number of hydrogen-bond donors (Lipinski definition) is 1. The number of aromatic nitrogens is 2. The Morgan fingerprint density at radius 2 is 2.35 bits per heavy atom. The first-order chi connectivity index (χ1) is 8.22. The van der Waals surface area contributed by atoms with E-state index < -0.39 is 0 Å². The van der Waals surface area contributed by atoms with Gasteiger partial charge in [0.1, 0.15) is 0 Å². The fourth-order valence-electron chi connectivity index (χ4n) is 1.99. The molecule has 0 aliphatic rings. The molecule has 1 aromatic carbocycles. The van der Waals surface area contributed by atoms with Crippen LogP contribution in [0, 0.1) is 0 Å². The van der Waals surface area contributed by atoms with Gasteiger partial charge >= 0.3 is 0 Å². The number of nitrogens with zero attached hydrogens (tertiary/aromatic N) is 2. The summed E-state index contributed by atoms with van der Waals surface area (Å²) >= 11 is 5.99. The van der Waals surface area contributed by atoms with E-state index in [0.717, 1.165) is 16.3 Å². The zero-order chi connectivity index (χ0) is 12.4. The summed E-state index contributed by atoms with van der Waals surface area (Å²) in [5, 5.41) is 14.7. The molecule has 3 nitrogen and oxygen atoms in total. The van der Waals surface area contributed by atoms with Crippen LogP contribution in [-0.4, -0.2) is 21.3 Å². The van der Waals surface area contributed by atoms with Gasteiger partial charge in [0.15, 0.2) is 0 Å². The van der Waals surface area contributed by atoms with Crippen LogP contribution in [0.25, 0.3) is 10.9 Å². The highest BCUT2D eigenvalue weighted by Gasteiger charge is 2.13. The van der Waals surface area contributed by atoms with Crippen LogP contribution in [0.2, 0.25) is 0 Å². The average molecular weight is 427 g/mol. The summed E-state index contributed by atoms with van der Waals surface area (Å²) in [7, 11) is 0. The van der Waals surface area contributed by atoms with E-state index in [-0.39, 0.29) is 6.61 Å². The molecule has 1 aromatic heterocycles. The molecule has 0 amide bonds. The maximum Gasteiger partial charge on any atom is 0.0743 e. The van der Waals surface area contributed by atoms with Gasteiger partial charge in [-0.3, -0.25) is 0 Å². The van der Waals surface area contributed by atoms with Gasteiger partial charge < -0.3 is 5.11 Å². The van der Waals surface area contributed by atoms with E-state index in [1.807, 2.05) is 10.6 Å². The van der Waals surface area contributed by atoms with Gasteiger partial charge in [-0.25, -0.2) is 4.45 Å². The molecule has 0 aliphatic heterocycles. The second-order valence-corrected chi connectivity index (χ2v) is 6.56. The third kappa shape index (κ3) is 2.53. The van der Waals surface area contributed by atoms with Gasteiger partial charge in [-0.05, 0) is 68.0 Å². The lowest BCUT2D eigenvalue weighted by Gasteiger charge is -2.11. The van der Waals surface area contributed by atoms with E-state index in [2.05, 4.69) is 56.1 Å². The molecule has 0 spiro atoms. The first-order valence-corrected chi connectivity index (χ1v) is 10.2. The molecule has 1 atom stereocenters. The summed E-state index contributed by atoms with van der Waals surface area (Å²) in [4.78, 5) is 0. The molecule has 0 bridgehead atoms. The molecule has 1 unspecified atom stereocenters. The van der Waals surface area contributed by atoms with Gasteiger partial charge in [0.2, 0.25) is 0 Å². The maximum absolute atomic E-state index is 9.15. The molecule has 17 heavy (non-hydrogen) atoms. The second kappa shape index (κ2) is 5.95. The molecule has 0 saturated heterocycles. The Labute approximate surface area is 123 Å². The van der Waals surface area contributed by atoms with E-state index in [1.54, 1.807) is 0 Å². The zero-order valence-corrected chi connectivity index (χ0v) is 14.1. The van der Waals surface area contributed by atoms with Crippen molar-refractivity contribution in [1.82, 2.24) is 9.55 Å². The number of benzene rings is 1. The Bertz CT molecular complexity index is 544. The minimum atomic E-state index is 0.180. The Balaban J connectivity index is 2.70. The molecule has 0 radical (unpaired) electrons. The second-order valence-electron chi connectivity index (χ2n) is 3.73. The van der Waals surface area contributed by atoms with E-state index in [0.29, 0.717) is 12.8 Å². The summed E-state index contributed by atoms with van der Waals surface area (Å²) < 4.78 is 3.10. The van der Waals surface area contributed by atoms with Gasteiger partial charge in [-0.15, -0.1) is 0 Å². The molecular formula is C11H13BrIN2OP. The number of halogens is 2. The Hall–Kier alpha value is 0.290. The minimum Gasteiger partial charge on any atom is -0.396 e. The average Bonchev–Trinajstić information content (AvgIpc) is 2.75. The van der Waals surface area contributed by atoms with Crippen molar-refractivity contribution in [2.45, 2.75) is 19.8 Å². The third-order valence-electron chi connectivity index (χ3n) is 2.83. The number of rotatable bonds is 4. The number of hydrogen-bond acceptors (Lipinski definition) is 2. The van der Waals surface area contributed by atoms with Gasteiger partial charge in [0.25, 0.3) is 0 Å². The monoisotopic (exact) mass is 426 g/mol. The van der Waals surface area contributed by atoms with Gasteiger partial charge in [0, 0.05) is 16.5 Å². The SMILES string of the molecule is CCc1cc2c(cnn2PI)c(Br)c1CCO. The standard InChI is InChI=1S/C11H13BrIN2OP/c1-2-7-5-10-9(6-14-15(10)17-13)11(12)8(7)3-4-16/h5-6,16-17H,2-4H2,1H3. The summed E-state index contributed by atoms with van der Waals surface area (Å²) in [6.45, 7) is 2.32. The first-order valence-electron chi connectivity index (χ1n) is 5.38. The third-order valence-corrected chi connectivity index (χ3v) is 5.62. The summed E-state index contributed by atoms with van der Waals surface area (Å²) in [6, 6.07) is 2.20. The van der Waals surface area contributed by atoms with Gasteiger partial charge in [0.05, 0.1) is 18.1 Å². The Kier molecular flexibility index (Phi) is 4.80. The lowest BCUT2D eigenvalue weighted by molar-refractivity contribution is 0.299. The molecule has 1 N–H and O–H groups in total. The number of fused-ring (bicyclic) bond motifs is 1. The van der Waals surface area contributed by atoms with E-state index in [1.165, 1.54) is 16.6 Å². The number of aliphatic hydroxyl groups is 1. The van der Waals surface area contributed by atoms with Gasteiger partial charge in [-0.2, -0.15) is 5.10 Å². The van der Waals surface area contributed by atoms with Crippen molar-refractivity contribution in [2.24, 2.45) is 0 Å². The summed E-state index contributed by atoms with van der Waals surface area (Å²) in [5.74, 6) is 0. The molecule has 1 heterocycles. The highest BCUT2D eigenvalue weighted by Crippen LogP contribution is 2.35. The highest BCUT2D eigenvalue weighted by molar-refractivity contribution is 14.2. The fraction of sp³-hybridized carbons (Fsp3) is 0.364. The van der Waals surface area contributed by atoms with Crippen molar-refractivity contribution in [3.05, 3.63) is 27.9 Å². The fourth-order valence-corrected chi connectivity index (χ4v) is 4.28. The molecule has 6 heteroatoms. The normalized spacial score (nSPS) is 12.0. The minimum absolute atomic E-state index is 0.180. The van der Waals surface area contributed by atoms with E-state index >= 15 is 0 Å². The van der Waals surface area contributed by atoms with Crippen molar-refractivity contribution in [1.29, 1.82) is 0 Å². The van der Waals surface area contributed by atoms with Crippen molar-refractivity contribution in [2.75, 3.05) is 6.61 Å². The van der Waals surface area contributed by atoms with Crippen LogP contribution in [0.3, 0.4) is 0 Å². The van der Waals surface area contributed by atoms with Crippen LogP contribution >= 0.6 is 44.3 Å². The van der Waals surface area contributed by atoms with E-state index in [4.69, 9.17) is 5.11 Å². The summed E-state index contributed by atoms with van der Waals surface area (Å²) in [6.07, 6.45) is 4.16. The topological polar surface area (TPSA) is 38.0 Å². The maximum atomic E-state index is 9.15. The molecule has 0 saturated carbocycles. The molecule has 92 valence electrons. The first kappa shape index (κ1) is 13.7. The Morgan fingerprint density at radius 3 is 2.94 bits per heavy atom. The van der Waals surface area contributed by atoms with Gasteiger partial charge in [-0.1, -0.05) is 6.92 Å². The largest absolute Gasteiger partial charge is 0.396 e. The van der Waals surface area contributed by atoms with Crippen LogP contribution in [0.4, 0.5) is 0 Å². The quantitative estimate of drug-likeness (QED) is 0.598. The smallest absolute Gasteiger partial charge is 0.0743 e. The molecule has 0 fully saturated rings. The number of aliphatic hydroxyl groups excluding tert-OH is 1. The van der Waals surface area contributed by atoms with Crippen LogP contribution in [0.1, 0.15) is 18.1 Å². The predicted molar refractivity (Wildman–Crippen MR) is 85.3 cm³/mol. The molecule has 0 aliphatic carbocycles. The van der Waals surface area contributed by atoms with Crippen LogP contribution in [0.5, 0.6) is 0 Å². The Morgan fingerprint density at radius 1 is 1.59 bits per heavy atom. The van der Waals surface area contributed by atoms with Crippen LogP contribution < -0.4 is 0 Å². The van der Waals surface area contributed by atoms with Crippen molar-refractivity contribution in [3.63, 3.8) is 0 Å². The zero-order valence-electron chi connectivity index (χ0n) is 9.37. The molecular weight excluding hydrogens is 414 g/mol.